The molecule has 3 aliphatic carbocycles. The van der Waals surface area contributed by atoms with E-state index in [0.717, 1.165) is 89.7 Å². The van der Waals surface area contributed by atoms with Crippen molar-refractivity contribution in [3.8, 4) is 89.7 Å². The Morgan fingerprint density at radius 1 is 0.321 bits per heavy atom. The first-order valence-electron chi connectivity index (χ1n) is 28.3. The van der Waals surface area contributed by atoms with Gasteiger partial charge >= 0.3 is 0 Å². The molecular formula is C75H56N6. The molecule has 4 aliphatic rings. The van der Waals surface area contributed by atoms with Crippen molar-refractivity contribution in [2.45, 2.75) is 70.3 Å². The summed E-state index contributed by atoms with van der Waals surface area (Å²) in [6.07, 6.45) is 3.01. The van der Waals surface area contributed by atoms with E-state index in [1.807, 2.05) is 0 Å². The number of rotatable bonds is 6. The van der Waals surface area contributed by atoms with Gasteiger partial charge in [-0.25, -0.2) is 24.9 Å². The normalized spacial score (nSPS) is 16.1. The molecule has 0 spiro atoms. The van der Waals surface area contributed by atoms with Gasteiger partial charge < -0.3 is 0 Å². The van der Waals surface area contributed by atoms with E-state index in [1.165, 1.54) is 66.8 Å². The molecule has 1 aliphatic heterocycles. The van der Waals surface area contributed by atoms with E-state index in [2.05, 4.69) is 254 Å². The van der Waals surface area contributed by atoms with Crippen LogP contribution in [0, 0.1) is 0 Å². The minimum Gasteiger partial charge on any atom is -0.258 e. The number of hydrogen-bond donors (Lipinski definition) is 0. The van der Waals surface area contributed by atoms with Crippen LogP contribution in [0.5, 0.6) is 0 Å². The third-order valence-corrected chi connectivity index (χ3v) is 18.4. The molecule has 6 nitrogen and oxygen atoms in total. The fourth-order valence-corrected chi connectivity index (χ4v) is 13.9. The van der Waals surface area contributed by atoms with Crippen LogP contribution in [0.25, 0.3) is 118 Å². The van der Waals surface area contributed by atoms with Crippen molar-refractivity contribution in [3.05, 3.63) is 256 Å². The Balaban J connectivity index is 0.797. The zero-order valence-corrected chi connectivity index (χ0v) is 46.2. The van der Waals surface area contributed by atoms with Crippen molar-refractivity contribution in [1.29, 1.82) is 0 Å². The van der Waals surface area contributed by atoms with E-state index in [1.54, 1.807) is 0 Å². The predicted molar refractivity (Wildman–Crippen MR) is 329 cm³/mol. The van der Waals surface area contributed by atoms with Gasteiger partial charge in [-0.1, -0.05) is 157 Å². The summed E-state index contributed by atoms with van der Waals surface area (Å²) in [6, 6.07) is 74.6. The van der Waals surface area contributed by atoms with E-state index < -0.39 is 0 Å². The molecule has 6 heteroatoms. The van der Waals surface area contributed by atoms with Crippen molar-refractivity contribution in [3.63, 3.8) is 0 Å². The number of aromatic nitrogens is 5. The molecular weight excluding hydrogens is 985 g/mol. The van der Waals surface area contributed by atoms with Crippen molar-refractivity contribution in [1.82, 2.24) is 24.9 Å². The second-order valence-corrected chi connectivity index (χ2v) is 24.2. The predicted octanol–water partition coefficient (Wildman–Crippen LogP) is 16.8. The monoisotopic (exact) mass is 1040 g/mol. The largest absolute Gasteiger partial charge is 0.258 e. The number of hydrogen-bond acceptors (Lipinski definition) is 6. The lowest BCUT2D eigenvalue weighted by Gasteiger charge is -2.22. The highest BCUT2D eigenvalue weighted by Crippen LogP contribution is 2.52. The van der Waals surface area contributed by atoms with Crippen LogP contribution < -0.4 is 10.7 Å². The molecule has 0 radical (unpaired) electrons. The smallest absolute Gasteiger partial charge is 0.160 e. The molecule has 0 saturated carbocycles. The molecule has 0 fully saturated rings. The van der Waals surface area contributed by atoms with Crippen LogP contribution >= 0.6 is 0 Å². The lowest BCUT2D eigenvalue weighted by Crippen LogP contribution is -2.32. The number of pyridine rings is 5. The Morgan fingerprint density at radius 2 is 0.679 bits per heavy atom. The summed E-state index contributed by atoms with van der Waals surface area (Å²) in [4.78, 5) is 32.1. The molecule has 1 unspecified atom stereocenters. The highest BCUT2D eigenvalue weighted by molar-refractivity contribution is 5.89. The summed E-state index contributed by atoms with van der Waals surface area (Å²) in [5, 5.41) is 3.01. The van der Waals surface area contributed by atoms with Crippen LogP contribution in [0.1, 0.15) is 92.9 Å². The molecule has 0 saturated heterocycles. The highest BCUT2D eigenvalue weighted by Gasteiger charge is 2.38. The molecule has 12 aromatic rings. The second kappa shape index (κ2) is 17.2. The minimum absolute atomic E-state index is 0.112. The summed E-state index contributed by atoms with van der Waals surface area (Å²) < 4.78 is 0. The molecule has 6 heterocycles. The van der Waals surface area contributed by atoms with E-state index in [-0.39, 0.29) is 22.3 Å². The Kier molecular flexibility index (Phi) is 10.1. The molecule has 16 rings (SSSR count). The van der Waals surface area contributed by atoms with E-state index in [0.29, 0.717) is 11.3 Å². The molecule has 0 N–H and O–H groups in total. The van der Waals surface area contributed by atoms with Crippen LogP contribution in [0.2, 0.25) is 0 Å². The average Bonchev–Trinajstić information content (AvgIpc) is 4.12. The van der Waals surface area contributed by atoms with Gasteiger partial charge in [0, 0.05) is 60.1 Å². The Labute approximate surface area is 471 Å². The Bertz CT molecular complexity index is 4640. The van der Waals surface area contributed by atoms with Gasteiger partial charge in [-0.15, -0.1) is 0 Å². The first-order valence-corrected chi connectivity index (χ1v) is 28.3. The first kappa shape index (κ1) is 47.5. The SMILES string of the molecule is CC1(C)c2ccccc2-c2ccc(-c3ccc4c(n3)=NC(c3cc(-c5ccc6ccc(-c7ccc8c(c7)C(C)(C)c7ccccc7-8)nc6n5)cc(-c5ccc6ccc(-c7ccc8c(c7)C(C)(C)c7ccccc7-8)nc6n5)c3)CC=4)cc21. The van der Waals surface area contributed by atoms with Gasteiger partial charge in [0.25, 0.3) is 0 Å². The molecule has 0 bridgehead atoms. The van der Waals surface area contributed by atoms with Crippen molar-refractivity contribution in [2.24, 2.45) is 4.99 Å². The second-order valence-electron chi connectivity index (χ2n) is 24.2. The number of benzene rings is 7. The lowest BCUT2D eigenvalue weighted by atomic mass is 9.82. The molecule has 81 heavy (non-hydrogen) atoms. The van der Waals surface area contributed by atoms with Gasteiger partial charge in [0.05, 0.1) is 34.5 Å². The summed E-state index contributed by atoms with van der Waals surface area (Å²) in [5.74, 6) is 0. The highest BCUT2D eigenvalue weighted by atomic mass is 14.9. The molecule has 386 valence electrons. The summed E-state index contributed by atoms with van der Waals surface area (Å²) in [6.45, 7) is 13.9. The van der Waals surface area contributed by atoms with Gasteiger partial charge in [0.2, 0.25) is 0 Å². The van der Waals surface area contributed by atoms with E-state index >= 15 is 0 Å². The Hall–Kier alpha value is -9.52. The van der Waals surface area contributed by atoms with Crippen molar-refractivity contribution in [2.75, 3.05) is 0 Å². The zero-order valence-electron chi connectivity index (χ0n) is 46.2. The van der Waals surface area contributed by atoms with Gasteiger partial charge in [-0.3, -0.25) is 4.99 Å². The maximum absolute atomic E-state index is 5.48. The summed E-state index contributed by atoms with van der Waals surface area (Å²) in [5.41, 5.74) is 28.2. The zero-order chi connectivity index (χ0) is 54.5. The fourth-order valence-electron chi connectivity index (χ4n) is 13.9. The van der Waals surface area contributed by atoms with E-state index in [4.69, 9.17) is 29.9 Å². The molecule has 1 atom stereocenters. The molecule has 7 aromatic carbocycles. The average molecular weight is 1040 g/mol. The van der Waals surface area contributed by atoms with Crippen LogP contribution in [-0.4, -0.2) is 24.9 Å². The third kappa shape index (κ3) is 7.32. The standard InChI is InChI=1S/C75H56N6/c1-73(2)58-16-10-7-13-52(58)55-28-19-46(40-61(55)73)64-31-22-43-25-34-67(79-70(43)76-64)49-37-50(68-35-26-44-23-32-65(77-71(44)80-68)47-20-29-56-53-14-8-11-17-59(53)74(3,4)62(56)41-47)39-51(38-49)69-36-27-45-24-33-66(78-72(45)81-69)48-21-30-57-54-15-9-12-18-60(54)75(5,6)63(57)42-48/h7-35,37-42,69H,36H2,1-6H3. The fraction of sp³-hybridized carbons (Fsp3) is 0.147. The van der Waals surface area contributed by atoms with E-state index in [9.17, 15) is 0 Å². The maximum Gasteiger partial charge on any atom is 0.160 e. The third-order valence-electron chi connectivity index (χ3n) is 18.4. The lowest BCUT2D eigenvalue weighted by molar-refractivity contribution is 0.660. The van der Waals surface area contributed by atoms with Gasteiger partial charge in [0.1, 0.15) is 0 Å². The van der Waals surface area contributed by atoms with Crippen LogP contribution in [-0.2, 0) is 16.2 Å². The summed E-state index contributed by atoms with van der Waals surface area (Å²) >= 11 is 0. The quantitative estimate of drug-likeness (QED) is 0.166. The van der Waals surface area contributed by atoms with Crippen LogP contribution in [0.3, 0.4) is 0 Å². The van der Waals surface area contributed by atoms with Gasteiger partial charge in [-0.05, 0) is 176 Å². The first-order chi connectivity index (χ1) is 39.3. The minimum atomic E-state index is -0.201. The Morgan fingerprint density at radius 3 is 1.10 bits per heavy atom. The number of fused-ring (bicyclic) bond motifs is 12. The maximum atomic E-state index is 5.48. The molecule has 5 aromatic heterocycles. The van der Waals surface area contributed by atoms with Crippen molar-refractivity contribution < 1.29 is 0 Å². The summed E-state index contributed by atoms with van der Waals surface area (Å²) in [7, 11) is 0. The van der Waals surface area contributed by atoms with Crippen LogP contribution in [0.15, 0.2) is 211 Å². The van der Waals surface area contributed by atoms with Crippen molar-refractivity contribution >= 4 is 28.1 Å². The topological polar surface area (TPSA) is 76.8 Å². The van der Waals surface area contributed by atoms with Gasteiger partial charge in [0.15, 0.2) is 16.8 Å². The number of nitrogens with zero attached hydrogens (tertiary/aromatic N) is 6. The van der Waals surface area contributed by atoms with Crippen LogP contribution in [0.4, 0.5) is 0 Å². The molecule has 0 amide bonds. The van der Waals surface area contributed by atoms with Gasteiger partial charge in [-0.2, -0.15) is 0 Å².